The monoisotopic (exact) mass is 325 g/mol. The Hall–Kier alpha value is -1.33. The molecule has 0 amide bonds. The summed E-state index contributed by atoms with van der Waals surface area (Å²) in [4.78, 5) is 0. The van der Waals surface area contributed by atoms with Crippen LogP contribution >= 0.6 is 0 Å². The van der Waals surface area contributed by atoms with Crippen molar-refractivity contribution in [3.63, 3.8) is 0 Å². The van der Waals surface area contributed by atoms with Crippen molar-refractivity contribution in [2.24, 2.45) is 5.41 Å². The fourth-order valence-electron chi connectivity index (χ4n) is 5.40. The number of nitrogens with zero attached hydrogens (tertiary/aromatic N) is 1. The summed E-state index contributed by atoms with van der Waals surface area (Å²) in [5.41, 5.74) is 2.87. The SMILES string of the molecule is CCOC1CCC(c2ccc(C#N)cc2)(C2(C)CCCCC2)CC1. The summed E-state index contributed by atoms with van der Waals surface area (Å²) in [7, 11) is 0. The van der Waals surface area contributed by atoms with E-state index in [4.69, 9.17) is 10.00 Å². The van der Waals surface area contributed by atoms with Gasteiger partial charge in [0, 0.05) is 12.0 Å². The van der Waals surface area contributed by atoms with Crippen molar-refractivity contribution in [1.82, 2.24) is 0 Å². The largest absolute Gasteiger partial charge is 0.379 e. The van der Waals surface area contributed by atoms with Crippen LogP contribution in [0.15, 0.2) is 24.3 Å². The first-order valence-electron chi connectivity index (χ1n) is 9.76. The summed E-state index contributed by atoms with van der Waals surface area (Å²) in [6.45, 7) is 5.46. The van der Waals surface area contributed by atoms with Crippen molar-refractivity contribution in [1.29, 1.82) is 5.26 Å². The van der Waals surface area contributed by atoms with Crippen molar-refractivity contribution >= 4 is 0 Å². The second-order valence-corrected chi connectivity index (χ2v) is 8.05. The van der Waals surface area contributed by atoms with Crippen LogP contribution in [0.25, 0.3) is 0 Å². The van der Waals surface area contributed by atoms with Crippen LogP contribution in [0, 0.1) is 16.7 Å². The van der Waals surface area contributed by atoms with Gasteiger partial charge in [-0.3, -0.25) is 0 Å². The quantitative estimate of drug-likeness (QED) is 0.706. The van der Waals surface area contributed by atoms with Gasteiger partial charge in [0.05, 0.1) is 17.7 Å². The topological polar surface area (TPSA) is 33.0 Å². The summed E-state index contributed by atoms with van der Waals surface area (Å²) < 4.78 is 5.93. The van der Waals surface area contributed by atoms with Crippen molar-refractivity contribution in [3.05, 3.63) is 35.4 Å². The highest BCUT2D eigenvalue weighted by molar-refractivity contribution is 5.37. The van der Waals surface area contributed by atoms with E-state index in [2.05, 4.69) is 32.0 Å². The molecule has 0 bridgehead atoms. The Kier molecular flexibility index (Phi) is 5.30. The molecule has 0 aliphatic heterocycles. The van der Waals surface area contributed by atoms with E-state index in [0.29, 0.717) is 11.5 Å². The third kappa shape index (κ3) is 3.11. The van der Waals surface area contributed by atoms with Crippen molar-refractivity contribution in [3.8, 4) is 6.07 Å². The Bertz CT molecular complexity index is 569. The van der Waals surface area contributed by atoms with Crippen LogP contribution in [0.5, 0.6) is 0 Å². The Labute approximate surface area is 147 Å². The van der Waals surface area contributed by atoms with Gasteiger partial charge < -0.3 is 4.74 Å². The molecule has 24 heavy (non-hydrogen) atoms. The van der Waals surface area contributed by atoms with Crippen LogP contribution < -0.4 is 0 Å². The van der Waals surface area contributed by atoms with Gasteiger partial charge in [-0.25, -0.2) is 0 Å². The van der Waals surface area contributed by atoms with Crippen LogP contribution in [0.4, 0.5) is 0 Å². The molecular weight excluding hydrogens is 294 g/mol. The van der Waals surface area contributed by atoms with Gasteiger partial charge in [0.15, 0.2) is 0 Å². The van der Waals surface area contributed by atoms with Crippen molar-refractivity contribution in [2.75, 3.05) is 6.61 Å². The van der Waals surface area contributed by atoms with Crippen LogP contribution in [0.3, 0.4) is 0 Å². The van der Waals surface area contributed by atoms with Crippen LogP contribution in [-0.2, 0) is 10.2 Å². The summed E-state index contributed by atoms with van der Waals surface area (Å²) in [5.74, 6) is 0. The molecule has 0 radical (unpaired) electrons. The molecule has 0 spiro atoms. The molecule has 1 aromatic carbocycles. The zero-order chi connectivity index (χ0) is 17.0. The number of nitriles is 1. The lowest BCUT2D eigenvalue weighted by Gasteiger charge is -2.54. The Morgan fingerprint density at radius 1 is 1.04 bits per heavy atom. The maximum atomic E-state index is 9.13. The molecule has 2 aliphatic carbocycles. The minimum atomic E-state index is 0.259. The first-order valence-corrected chi connectivity index (χ1v) is 9.76. The second-order valence-electron chi connectivity index (χ2n) is 8.05. The maximum absolute atomic E-state index is 9.13. The van der Waals surface area contributed by atoms with Gasteiger partial charge in [0.1, 0.15) is 0 Å². The number of ether oxygens (including phenoxy) is 1. The molecule has 0 unspecified atom stereocenters. The molecule has 2 aliphatic rings. The highest BCUT2D eigenvalue weighted by atomic mass is 16.5. The zero-order valence-electron chi connectivity index (χ0n) is 15.3. The van der Waals surface area contributed by atoms with Crippen LogP contribution in [-0.4, -0.2) is 12.7 Å². The summed E-state index contributed by atoms with van der Waals surface area (Å²) in [6.07, 6.45) is 12.0. The minimum absolute atomic E-state index is 0.259. The fourth-order valence-corrected chi connectivity index (χ4v) is 5.40. The Balaban J connectivity index is 1.93. The van der Waals surface area contributed by atoms with E-state index >= 15 is 0 Å². The van der Waals surface area contributed by atoms with Gasteiger partial charge in [0.2, 0.25) is 0 Å². The molecule has 130 valence electrons. The van der Waals surface area contributed by atoms with Gasteiger partial charge in [-0.15, -0.1) is 0 Å². The van der Waals surface area contributed by atoms with Gasteiger partial charge in [-0.2, -0.15) is 5.26 Å². The third-order valence-electron chi connectivity index (χ3n) is 6.87. The predicted octanol–water partition coefficient (Wildman–Crippen LogP) is 5.75. The van der Waals surface area contributed by atoms with E-state index in [1.807, 2.05) is 12.1 Å². The predicted molar refractivity (Wildman–Crippen MR) is 97.9 cm³/mol. The molecule has 2 fully saturated rings. The highest BCUT2D eigenvalue weighted by Crippen LogP contribution is 2.57. The van der Waals surface area contributed by atoms with E-state index in [1.165, 1.54) is 63.4 Å². The zero-order valence-corrected chi connectivity index (χ0v) is 15.3. The second kappa shape index (κ2) is 7.28. The number of hydrogen-bond donors (Lipinski definition) is 0. The molecular formula is C22H31NO. The van der Waals surface area contributed by atoms with E-state index in [-0.39, 0.29) is 5.41 Å². The van der Waals surface area contributed by atoms with E-state index in [9.17, 15) is 0 Å². The van der Waals surface area contributed by atoms with E-state index in [1.54, 1.807) is 0 Å². The molecule has 2 heteroatoms. The van der Waals surface area contributed by atoms with Crippen molar-refractivity contribution < 1.29 is 4.74 Å². The molecule has 2 nitrogen and oxygen atoms in total. The molecule has 0 aromatic heterocycles. The lowest BCUT2D eigenvalue weighted by atomic mass is 9.50. The lowest BCUT2D eigenvalue weighted by molar-refractivity contribution is -0.0230. The molecule has 1 aromatic rings. The molecule has 0 atom stereocenters. The molecule has 0 N–H and O–H groups in total. The van der Waals surface area contributed by atoms with E-state index in [0.717, 1.165) is 12.2 Å². The maximum Gasteiger partial charge on any atom is 0.0991 e. The molecule has 0 heterocycles. The Morgan fingerprint density at radius 3 is 2.21 bits per heavy atom. The number of benzene rings is 1. The van der Waals surface area contributed by atoms with Crippen LogP contribution in [0.1, 0.15) is 82.8 Å². The highest BCUT2D eigenvalue weighted by Gasteiger charge is 2.50. The lowest BCUT2D eigenvalue weighted by Crippen LogP contribution is -2.48. The fraction of sp³-hybridized carbons (Fsp3) is 0.682. The first-order chi connectivity index (χ1) is 11.6. The van der Waals surface area contributed by atoms with E-state index < -0.39 is 0 Å². The van der Waals surface area contributed by atoms with Gasteiger partial charge in [-0.05, 0) is 68.6 Å². The van der Waals surface area contributed by atoms with Gasteiger partial charge >= 0.3 is 0 Å². The molecule has 0 saturated heterocycles. The van der Waals surface area contributed by atoms with Gasteiger partial charge in [-0.1, -0.05) is 38.3 Å². The van der Waals surface area contributed by atoms with Gasteiger partial charge in [0.25, 0.3) is 0 Å². The summed E-state index contributed by atoms with van der Waals surface area (Å²) >= 11 is 0. The first kappa shape index (κ1) is 17.5. The average molecular weight is 325 g/mol. The standard InChI is InChI=1S/C22H31NO/c1-3-24-20-11-15-22(16-12-20,21(2)13-5-4-6-14-21)19-9-7-18(17-23)8-10-19/h7-10,20H,3-6,11-16H2,1-2H3. The average Bonchev–Trinajstić information content (AvgIpc) is 2.63. The number of rotatable bonds is 4. The molecule has 3 rings (SSSR count). The van der Waals surface area contributed by atoms with Crippen molar-refractivity contribution in [2.45, 2.75) is 83.2 Å². The summed E-state index contributed by atoms with van der Waals surface area (Å²) in [6, 6.07) is 10.8. The van der Waals surface area contributed by atoms with Crippen LogP contribution in [0.2, 0.25) is 0 Å². The summed E-state index contributed by atoms with van der Waals surface area (Å²) in [5, 5.41) is 9.13. The number of hydrogen-bond acceptors (Lipinski definition) is 2. The third-order valence-corrected chi connectivity index (χ3v) is 6.87. The minimum Gasteiger partial charge on any atom is -0.379 e. The smallest absolute Gasteiger partial charge is 0.0991 e. The Morgan fingerprint density at radius 2 is 1.67 bits per heavy atom. The normalized spacial score (nSPS) is 29.8. The molecule has 2 saturated carbocycles.